The molecule has 3 heterocycles. The highest BCUT2D eigenvalue weighted by atomic mass is 35.5. The number of carbonyl (C=O) groups is 2. The topological polar surface area (TPSA) is 79.5 Å². The van der Waals surface area contributed by atoms with Crippen molar-refractivity contribution in [3.05, 3.63) is 76.5 Å². The number of hydrogen-bond donors (Lipinski definition) is 0. The molecule has 1 aliphatic heterocycles. The van der Waals surface area contributed by atoms with Crippen LogP contribution in [0.5, 0.6) is 0 Å². The maximum Gasteiger partial charge on any atom is 0.289 e. The van der Waals surface area contributed by atoms with Crippen LogP contribution in [-0.4, -0.2) is 52.7 Å². The van der Waals surface area contributed by atoms with Gasteiger partial charge in [-0.25, -0.2) is 9.97 Å². The molecular weight excluding hydrogens is 416 g/mol. The van der Waals surface area contributed by atoms with Crippen molar-refractivity contribution in [3.8, 4) is 0 Å². The van der Waals surface area contributed by atoms with Gasteiger partial charge in [0.05, 0.1) is 17.5 Å². The molecule has 1 aliphatic carbocycles. The molecule has 3 aromatic rings. The number of ketones is 1. The van der Waals surface area contributed by atoms with E-state index >= 15 is 0 Å². The van der Waals surface area contributed by atoms with Gasteiger partial charge >= 0.3 is 0 Å². The minimum atomic E-state index is -0.104. The summed E-state index contributed by atoms with van der Waals surface area (Å²) in [6.45, 7) is 2.37. The number of furan rings is 1. The molecular formula is C23H21ClN4O3. The molecule has 0 unspecified atom stereocenters. The van der Waals surface area contributed by atoms with Crippen molar-refractivity contribution in [2.45, 2.75) is 18.8 Å². The van der Waals surface area contributed by atoms with E-state index in [4.69, 9.17) is 21.0 Å². The molecule has 1 saturated heterocycles. The first-order chi connectivity index (χ1) is 15.1. The second kappa shape index (κ2) is 8.15. The summed E-state index contributed by atoms with van der Waals surface area (Å²) in [5, 5.41) is 0.681. The molecule has 1 fully saturated rings. The Balaban J connectivity index is 1.30. The number of piperazine rings is 1. The average Bonchev–Trinajstić information content (AvgIpc) is 3.34. The van der Waals surface area contributed by atoms with Crippen LogP contribution in [-0.2, 0) is 6.42 Å². The molecule has 7 nitrogen and oxygen atoms in total. The highest BCUT2D eigenvalue weighted by Gasteiger charge is 2.30. The molecule has 158 valence electrons. The van der Waals surface area contributed by atoms with Gasteiger partial charge in [-0.15, -0.1) is 0 Å². The second-order valence-electron chi connectivity index (χ2n) is 7.87. The molecule has 1 amide bonds. The van der Waals surface area contributed by atoms with Crippen LogP contribution in [0, 0.1) is 0 Å². The average molecular weight is 437 g/mol. The Labute approximate surface area is 184 Å². The van der Waals surface area contributed by atoms with Gasteiger partial charge in [-0.1, -0.05) is 23.7 Å². The number of aromatic nitrogens is 2. The Morgan fingerprint density at radius 2 is 1.84 bits per heavy atom. The van der Waals surface area contributed by atoms with Gasteiger partial charge in [0.2, 0.25) is 5.95 Å². The van der Waals surface area contributed by atoms with E-state index in [9.17, 15) is 9.59 Å². The third-order valence-corrected chi connectivity index (χ3v) is 6.20. The van der Waals surface area contributed by atoms with Crippen LogP contribution >= 0.6 is 11.6 Å². The van der Waals surface area contributed by atoms with Crippen molar-refractivity contribution < 1.29 is 14.0 Å². The number of hydrogen-bond acceptors (Lipinski definition) is 6. The molecule has 1 atom stereocenters. The van der Waals surface area contributed by atoms with E-state index in [-0.39, 0.29) is 17.6 Å². The first-order valence-corrected chi connectivity index (χ1v) is 10.7. The summed E-state index contributed by atoms with van der Waals surface area (Å²) in [5.74, 6) is 1.01. The molecule has 0 bridgehead atoms. The van der Waals surface area contributed by atoms with Crippen molar-refractivity contribution >= 4 is 29.2 Å². The molecule has 2 aromatic heterocycles. The van der Waals surface area contributed by atoms with Crippen LogP contribution in [0.3, 0.4) is 0 Å². The van der Waals surface area contributed by atoms with Gasteiger partial charge in [-0.2, -0.15) is 0 Å². The Hall–Kier alpha value is -3.19. The lowest BCUT2D eigenvalue weighted by molar-refractivity contribution is 0.0714. The Kier molecular flexibility index (Phi) is 5.19. The SMILES string of the molecule is O=C1C[C@H](c2ccc(Cl)cc2)Cc2nc(N3CCN(C(=O)c4ccco4)CC3)ncc21. The van der Waals surface area contributed by atoms with E-state index in [0.717, 1.165) is 11.3 Å². The standard InChI is InChI=1S/C23H21ClN4O3/c24-17-5-3-15(4-6-17)16-12-19-18(20(29)13-16)14-25-23(26-19)28-9-7-27(8-10-28)22(30)21-2-1-11-31-21/h1-6,11,14,16H,7-10,12-13H2/t16-/m1/s1. The summed E-state index contributed by atoms with van der Waals surface area (Å²) in [6, 6.07) is 11.0. The Bertz CT molecular complexity index is 1110. The first-order valence-electron chi connectivity index (χ1n) is 10.3. The summed E-state index contributed by atoms with van der Waals surface area (Å²) < 4.78 is 5.22. The number of fused-ring (bicyclic) bond motifs is 1. The van der Waals surface area contributed by atoms with Crippen molar-refractivity contribution in [2.24, 2.45) is 0 Å². The number of rotatable bonds is 3. The van der Waals surface area contributed by atoms with Crippen molar-refractivity contribution in [2.75, 3.05) is 31.1 Å². The van der Waals surface area contributed by atoms with Gasteiger partial charge in [0, 0.05) is 43.8 Å². The van der Waals surface area contributed by atoms with Crippen LogP contribution in [0.1, 0.15) is 44.5 Å². The van der Waals surface area contributed by atoms with Crippen LogP contribution in [0.4, 0.5) is 5.95 Å². The summed E-state index contributed by atoms with van der Waals surface area (Å²) in [7, 11) is 0. The van der Waals surface area contributed by atoms with E-state index in [0.29, 0.717) is 61.3 Å². The number of anilines is 1. The fourth-order valence-corrected chi connectivity index (χ4v) is 4.35. The van der Waals surface area contributed by atoms with Gasteiger partial charge < -0.3 is 14.2 Å². The lowest BCUT2D eigenvalue weighted by Crippen LogP contribution is -2.49. The monoisotopic (exact) mass is 436 g/mol. The molecule has 5 rings (SSSR count). The zero-order valence-corrected chi connectivity index (χ0v) is 17.6. The number of Topliss-reactive ketones (excluding diaryl/α,β-unsaturated/α-hetero) is 1. The van der Waals surface area contributed by atoms with Crippen molar-refractivity contribution in [3.63, 3.8) is 0 Å². The largest absolute Gasteiger partial charge is 0.459 e. The van der Waals surface area contributed by atoms with E-state index in [1.807, 2.05) is 24.3 Å². The van der Waals surface area contributed by atoms with Crippen molar-refractivity contribution in [1.82, 2.24) is 14.9 Å². The summed E-state index contributed by atoms with van der Waals surface area (Å²) in [4.78, 5) is 38.2. The summed E-state index contributed by atoms with van der Waals surface area (Å²) >= 11 is 6.00. The smallest absolute Gasteiger partial charge is 0.289 e. The molecule has 2 aliphatic rings. The zero-order chi connectivity index (χ0) is 21.4. The highest BCUT2D eigenvalue weighted by Crippen LogP contribution is 2.33. The Morgan fingerprint density at radius 1 is 1.06 bits per heavy atom. The maximum atomic E-state index is 12.7. The fraction of sp³-hybridized carbons (Fsp3) is 0.304. The van der Waals surface area contributed by atoms with E-state index in [1.54, 1.807) is 23.2 Å². The number of benzene rings is 1. The summed E-state index contributed by atoms with van der Waals surface area (Å²) in [6.07, 6.45) is 4.29. The van der Waals surface area contributed by atoms with Crippen LogP contribution in [0.15, 0.2) is 53.3 Å². The minimum absolute atomic E-state index is 0.0709. The molecule has 0 radical (unpaired) electrons. The molecule has 0 N–H and O–H groups in total. The molecule has 1 aromatic carbocycles. The van der Waals surface area contributed by atoms with Gasteiger partial charge in [0.1, 0.15) is 0 Å². The maximum absolute atomic E-state index is 12.7. The van der Waals surface area contributed by atoms with E-state index in [1.165, 1.54) is 6.26 Å². The highest BCUT2D eigenvalue weighted by molar-refractivity contribution is 6.30. The minimum Gasteiger partial charge on any atom is -0.459 e. The normalized spacial score (nSPS) is 18.7. The third-order valence-electron chi connectivity index (χ3n) is 5.95. The number of carbonyl (C=O) groups excluding carboxylic acids is 2. The van der Waals surface area contributed by atoms with Crippen LogP contribution in [0.25, 0.3) is 0 Å². The number of nitrogens with zero attached hydrogens (tertiary/aromatic N) is 4. The third kappa shape index (κ3) is 3.93. The Morgan fingerprint density at radius 3 is 2.55 bits per heavy atom. The van der Waals surface area contributed by atoms with E-state index in [2.05, 4.69) is 9.88 Å². The zero-order valence-electron chi connectivity index (χ0n) is 16.8. The second-order valence-corrected chi connectivity index (χ2v) is 8.30. The van der Waals surface area contributed by atoms with Crippen LogP contribution < -0.4 is 4.90 Å². The predicted molar refractivity (Wildman–Crippen MR) is 116 cm³/mol. The molecule has 8 heteroatoms. The van der Waals surface area contributed by atoms with Gasteiger partial charge in [0.15, 0.2) is 11.5 Å². The van der Waals surface area contributed by atoms with E-state index < -0.39 is 0 Å². The number of halogens is 1. The lowest BCUT2D eigenvalue weighted by Gasteiger charge is -2.34. The molecule has 0 spiro atoms. The fourth-order valence-electron chi connectivity index (χ4n) is 4.22. The van der Waals surface area contributed by atoms with Crippen LogP contribution in [0.2, 0.25) is 5.02 Å². The van der Waals surface area contributed by atoms with Gasteiger partial charge in [0.25, 0.3) is 5.91 Å². The predicted octanol–water partition coefficient (Wildman–Crippen LogP) is 3.60. The molecule has 31 heavy (non-hydrogen) atoms. The lowest BCUT2D eigenvalue weighted by atomic mass is 9.82. The molecule has 0 saturated carbocycles. The quantitative estimate of drug-likeness (QED) is 0.624. The summed E-state index contributed by atoms with van der Waals surface area (Å²) in [5.41, 5.74) is 2.49. The van der Waals surface area contributed by atoms with Crippen molar-refractivity contribution in [1.29, 1.82) is 0 Å². The van der Waals surface area contributed by atoms with Gasteiger partial charge in [-0.3, -0.25) is 9.59 Å². The van der Waals surface area contributed by atoms with Gasteiger partial charge in [-0.05, 0) is 42.2 Å². The number of amides is 1. The first kappa shape index (κ1) is 19.8.